The Labute approximate surface area is 114 Å². The van der Waals surface area contributed by atoms with Crippen molar-refractivity contribution in [1.82, 2.24) is 16.0 Å². The molecule has 0 spiro atoms. The van der Waals surface area contributed by atoms with Crippen molar-refractivity contribution >= 4 is 11.7 Å². The number of hydrogen-bond acceptors (Lipinski definition) is 6. The lowest BCUT2D eigenvalue weighted by atomic mass is 10.2. The molecule has 0 heterocycles. The van der Waals surface area contributed by atoms with Crippen molar-refractivity contribution in [1.29, 1.82) is 0 Å². The van der Waals surface area contributed by atoms with Crippen LogP contribution in [0.2, 0.25) is 0 Å². The number of amides is 1. The van der Waals surface area contributed by atoms with Crippen LogP contribution in [0.5, 0.6) is 0 Å². The minimum atomic E-state index is -0.125. The molecule has 0 atom stereocenters. The summed E-state index contributed by atoms with van der Waals surface area (Å²) in [5, 5.41) is 8.66. The number of carbonyl (C=O) groups is 2. The standard InChI is InChI=1S/C12H26N4O3/c1-14-5-6-15-10-11(17)2-3-12(18)16-7-9-19-8-4-13/h14-15H,2-10,13H2,1H3,(H,16,18). The van der Waals surface area contributed by atoms with Gasteiger partial charge in [0, 0.05) is 39.0 Å². The molecule has 19 heavy (non-hydrogen) atoms. The smallest absolute Gasteiger partial charge is 0.220 e. The van der Waals surface area contributed by atoms with Crippen LogP contribution in [0.15, 0.2) is 0 Å². The minimum absolute atomic E-state index is 0.0469. The second-order valence-corrected chi connectivity index (χ2v) is 4.07. The molecule has 7 nitrogen and oxygen atoms in total. The SMILES string of the molecule is CNCCNCC(=O)CCC(=O)NCCOCCN. The third-order valence-corrected chi connectivity index (χ3v) is 2.34. The van der Waals surface area contributed by atoms with Crippen molar-refractivity contribution in [3.05, 3.63) is 0 Å². The number of ketones is 1. The Bertz CT molecular complexity index is 249. The molecule has 0 aromatic heterocycles. The zero-order valence-corrected chi connectivity index (χ0v) is 11.7. The van der Waals surface area contributed by atoms with Gasteiger partial charge < -0.3 is 26.4 Å². The third kappa shape index (κ3) is 13.2. The molecule has 0 radical (unpaired) electrons. The van der Waals surface area contributed by atoms with Crippen LogP contribution in [0.3, 0.4) is 0 Å². The number of carbonyl (C=O) groups excluding carboxylic acids is 2. The zero-order chi connectivity index (χ0) is 14.3. The maximum Gasteiger partial charge on any atom is 0.220 e. The molecule has 1 amide bonds. The molecule has 0 aromatic rings. The van der Waals surface area contributed by atoms with Gasteiger partial charge in [0.25, 0.3) is 0 Å². The lowest BCUT2D eigenvalue weighted by molar-refractivity contribution is -0.125. The van der Waals surface area contributed by atoms with E-state index in [2.05, 4.69) is 16.0 Å². The van der Waals surface area contributed by atoms with E-state index in [0.717, 1.165) is 13.1 Å². The van der Waals surface area contributed by atoms with Crippen LogP contribution in [0.1, 0.15) is 12.8 Å². The topological polar surface area (TPSA) is 105 Å². The van der Waals surface area contributed by atoms with Gasteiger partial charge in [-0.2, -0.15) is 0 Å². The van der Waals surface area contributed by atoms with Crippen LogP contribution in [-0.4, -0.2) is 64.7 Å². The molecule has 7 heteroatoms. The second-order valence-electron chi connectivity index (χ2n) is 4.07. The summed E-state index contributed by atoms with van der Waals surface area (Å²) >= 11 is 0. The Morgan fingerprint density at radius 3 is 2.58 bits per heavy atom. The molecule has 0 aliphatic rings. The normalized spacial score (nSPS) is 10.4. The fraction of sp³-hybridized carbons (Fsp3) is 0.833. The van der Waals surface area contributed by atoms with E-state index in [1.807, 2.05) is 7.05 Å². The predicted molar refractivity (Wildman–Crippen MR) is 73.9 cm³/mol. The van der Waals surface area contributed by atoms with E-state index in [9.17, 15) is 9.59 Å². The van der Waals surface area contributed by atoms with E-state index in [0.29, 0.717) is 32.8 Å². The first-order valence-electron chi connectivity index (χ1n) is 6.62. The molecule has 0 bridgehead atoms. The van der Waals surface area contributed by atoms with Crippen molar-refractivity contribution in [3.8, 4) is 0 Å². The molecule has 0 saturated heterocycles. The third-order valence-electron chi connectivity index (χ3n) is 2.34. The number of hydrogen-bond donors (Lipinski definition) is 4. The first-order chi connectivity index (χ1) is 9.20. The van der Waals surface area contributed by atoms with Crippen molar-refractivity contribution in [2.24, 2.45) is 5.73 Å². The molecular weight excluding hydrogens is 248 g/mol. The summed E-state index contributed by atoms with van der Waals surface area (Å²) in [4.78, 5) is 22.8. The average molecular weight is 274 g/mol. The summed E-state index contributed by atoms with van der Waals surface area (Å²) in [6.45, 7) is 3.74. The van der Waals surface area contributed by atoms with Crippen LogP contribution in [0.25, 0.3) is 0 Å². The number of ether oxygens (including phenoxy) is 1. The lowest BCUT2D eigenvalue weighted by Gasteiger charge is -2.06. The summed E-state index contributed by atoms with van der Waals surface area (Å²) in [5.74, 6) is -0.0782. The predicted octanol–water partition coefficient (Wildman–Crippen LogP) is -1.76. The van der Waals surface area contributed by atoms with Gasteiger partial charge >= 0.3 is 0 Å². The van der Waals surface area contributed by atoms with Gasteiger partial charge in [0.05, 0.1) is 19.8 Å². The number of nitrogens with one attached hydrogen (secondary N) is 3. The summed E-state index contributed by atoms with van der Waals surface area (Å²) in [5.41, 5.74) is 5.25. The maximum absolute atomic E-state index is 11.4. The van der Waals surface area contributed by atoms with Gasteiger partial charge in [-0.25, -0.2) is 0 Å². The largest absolute Gasteiger partial charge is 0.378 e. The monoisotopic (exact) mass is 274 g/mol. The van der Waals surface area contributed by atoms with E-state index in [-0.39, 0.29) is 24.5 Å². The molecule has 5 N–H and O–H groups in total. The van der Waals surface area contributed by atoms with E-state index < -0.39 is 0 Å². The highest BCUT2D eigenvalue weighted by molar-refractivity contribution is 5.86. The van der Waals surface area contributed by atoms with Crippen LogP contribution in [0, 0.1) is 0 Å². The fourth-order valence-electron chi connectivity index (χ4n) is 1.32. The number of nitrogens with two attached hydrogens (primary N) is 1. The van der Waals surface area contributed by atoms with E-state index in [4.69, 9.17) is 10.5 Å². The van der Waals surface area contributed by atoms with Gasteiger partial charge in [0.1, 0.15) is 5.78 Å². The molecular formula is C12H26N4O3. The van der Waals surface area contributed by atoms with Crippen molar-refractivity contribution in [2.45, 2.75) is 12.8 Å². The van der Waals surface area contributed by atoms with Crippen LogP contribution in [-0.2, 0) is 14.3 Å². The van der Waals surface area contributed by atoms with Crippen LogP contribution >= 0.6 is 0 Å². The number of Topliss-reactive ketones (excluding diaryl/α,β-unsaturated/α-hetero) is 1. The molecule has 112 valence electrons. The number of likely N-dealkylation sites (N-methyl/N-ethyl adjacent to an activating group) is 1. The Hall–Kier alpha value is -1.02. The van der Waals surface area contributed by atoms with Gasteiger partial charge in [-0.3, -0.25) is 9.59 Å². The van der Waals surface area contributed by atoms with E-state index >= 15 is 0 Å². The molecule has 0 fully saturated rings. The Kier molecular flexibility index (Phi) is 12.7. The quantitative estimate of drug-likeness (QED) is 0.296. The average Bonchev–Trinajstić information content (AvgIpc) is 2.41. The molecule has 0 aromatic carbocycles. The highest BCUT2D eigenvalue weighted by Gasteiger charge is 2.06. The van der Waals surface area contributed by atoms with Crippen LogP contribution < -0.4 is 21.7 Å². The van der Waals surface area contributed by atoms with Gasteiger partial charge in [0.15, 0.2) is 0 Å². The number of rotatable bonds is 13. The highest BCUT2D eigenvalue weighted by atomic mass is 16.5. The summed E-state index contributed by atoms with van der Waals surface area (Å²) < 4.78 is 5.11. The summed E-state index contributed by atoms with van der Waals surface area (Å²) in [6.07, 6.45) is 0.492. The van der Waals surface area contributed by atoms with Crippen molar-refractivity contribution < 1.29 is 14.3 Å². The molecule has 0 saturated carbocycles. The summed E-state index contributed by atoms with van der Waals surface area (Å²) in [7, 11) is 1.85. The zero-order valence-electron chi connectivity index (χ0n) is 11.7. The molecule has 0 rings (SSSR count). The molecule has 0 unspecified atom stereocenters. The van der Waals surface area contributed by atoms with Gasteiger partial charge in [-0.15, -0.1) is 0 Å². The minimum Gasteiger partial charge on any atom is -0.378 e. The molecule has 0 aliphatic carbocycles. The van der Waals surface area contributed by atoms with Gasteiger partial charge in [-0.1, -0.05) is 0 Å². The fourth-order valence-corrected chi connectivity index (χ4v) is 1.32. The Morgan fingerprint density at radius 2 is 1.89 bits per heavy atom. The highest BCUT2D eigenvalue weighted by Crippen LogP contribution is 1.90. The van der Waals surface area contributed by atoms with Gasteiger partial charge in [-0.05, 0) is 7.05 Å². The lowest BCUT2D eigenvalue weighted by Crippen LogP contribution is -2.31. The second kappa shape index (κ2) is 13.4. The first-order valence-corrected chi connectivity index (χ1v) is 6.62. The van der Waals surface area contributed by atoms with E-state index in [1.165, 1.54) is 0 Å². The van der Waals surface area contributed by atoms with E-state index in [1.54, 1.807) is 0 Å². The molecule has 0 aliphatic heterocycles. The van der Waals surface area contributed by atoms with Crippen LogP contribution in [0.4, 0.5) is 0 Å². The Balaban J connectivity index is 3.38. The summed E-state index contributed by atoms with van der Waals surface area (Å²) in [6, 6.07) is 0. The van der Waals surface area contributed by atoms with Gasteiger partial charge in [0.2, 0.25) is 5.91 Å². The Morgan fingerprint density at radius 1 is 1.11 bits per heavy atom. The first kappa shape index (κ1) is 18.0. The van der Waals surface area contributed by atoms with Crippen molar-refractivity contribution in [2.75, 3.05) is 53.0 Å². The maximum atomic E-state index is 11.4. The van der Waals surface area contributed by atoms with Crippen molar-refractivity contribution in [3.63, 3.8) is 0 Å².